The zero-order valence-corrected chi connectivity index (χ0v) is 16.6. The van der Waals surface area contributed by atoms with Crippen molar-refractivity contribution in [2.75, 3.05) is 26.2 Å². The Morgan fingerprint density at radius 3 is 2.14 bits per heavy atom. The van der Waals surface area contributed by atoms with E-state index in [-0.39, 0.29) is 23.1 Å². The number of hydrogen-bond donors (Lipinski definition) is 1. The van der Waals surface area contributed by atoms with Gasteiger partial charge in [0.2, 0.25) is 15.9 Å². The molecule has 1 saturated heterocycles. The Balaban J connectivity index is 1.56. The molecule has 2 amide bonds. The van der Waals surface area contributed by atoms with Gasteiger partial charge in [-0.05, 0) is 35.9 Å². The highest BCUT2D eigenvalue weighted by atomic mass is 35.5. The molecule has 1 aliphatic heterocycles. The summed E-state index contributed by atoms with van der Waals surface area (Å²) in [6, 6.07) is 12.7. The fraction of sp³-hybridized carbons (Fsp3) is 0.263. The van der Waals surface area contributed by atoms with Gasteiger partial charge in [0.15, 0.2) is 0 Å². The zero-order valence-electron chi connectivity index (χ0n) is 15.0. The number of amides is 2. The summed E-state index contributed by atoms with van der Waals surface area (Å²) in [5.41, 5.74) is 1.23. The van der Waals surface area contributed by atoms with E-state index in [1.165, 1.54) is 12.1 Å². The number of nitrogens with two attached hydrogens (primary N) is 1. The topological polar surface area (TPSA) is 101 Å². The Morgan fingerprint density at radius 2 is 1.57 bits per heavy atom. The van der Waals surface area contributed by atoms with E-state index in [0.717, 1.165) is 0 Å². The van der Waals surface area contributed by atoms with Crippen LogP contribution >= 0.6 is 11.6 Å². The van der Waals surface area contributed by atoms with Crippen LogP contribution in [0.5, 0.6) is 0 Å². The van der Waals surface area contributed by atoms with Gasteiger partial charge in [0.05, 0.1) is 11.3 Å². The summed E-state index contributed by atoms with van der Waals surface area (Å²) in [4.78, 5) is 28.5. The molecule has 0 aromatic heterocycles. The molecule has 1 heterocycles. The normalized spacial score (nSPS) is 14.8. The third-order valence-electron chi connectivity index (χ3n) is 4.60. The highest BCUT2D eigenvalue weighted by Crippen LogP contribution is 2.15. The summed E-state index contributed by atoms with van der Waals surface area (Å²) < 4.78 is 22.6. The average Bonchev–Trinajstić information content (AvgIpc) is 2.67. The zero-order chi connectivity index (χ0) is 20.3. The smallest absolute Gasteiger partial charge is 0.254 e. The molecule has 9 heteroatoms. The molecule has 0 aliphatic carbocycles. The summed E-state index contributed by atoms with van der Waals surface area (Å²) in [5.74, 6) is -0.175. The van der Waals surface area contributed by atoms with Gasteiger partial charge in [-0.3, -0.25) is 9.59 Å². The molecule has 1 fully saturated rings. The van der Waals surface area contributed by atoms with Crippen molar-refractivity contribution in [2.24, 2.45) is 5.14 Å². The molecule has 0 bridgehead atoms. The first kappa shape index (κ1) is 20.3. The molecule has 2 N–H and O–H groups in total. The number of sulfonamides is 1. The molecule has 0 radical (unpaired) electrons. The quantitative estimate of drug-likeness (QED) is 0.808. The highest BCUT2D eigenvalue weighted by Gasteiger charge is 2.25. The number of halogens is 1. The number of rotatable bonds is 4. The average molecular weight is 422 g/mol. The van der Waals surface area contributed by atoms with E-state index < -0.39 is 10.0 Å². The van der Waals surface area contributed by atoms with E-state index in [1.54, 1.807) is 46.2 Å². The highest BCUT2D eigenvalue weighted by molar-refractivity contribution is 7.89. The maximum atomic E-state index is 12.5. The molecule has 0 atom stereocenters. The van der Waals surface area contributed by atoms with Crippen molar-refractivity contribution in [1.29, 1.82) is 0 Å². The molecule has 0 spiro atoms. The number of carbonyl (C=O) groups is 2. The van der Waals surface area contributed by atoms with Gasteiger partial charge in [-0.25, -0.2) is 13.6 Å². The number of primary sulfonamides is 1. The summed E-state index contributed by atoms with van der Waals surface area (Å²) in [6.45, 7) is 1.78. The molecular weight excluding hydrogens is 402 g/mol. The van der Waals surface area contributed by atoms with Crippen LogP contribution in [-0.2, 0) is 21.2 Å². The predicted molar refractivity (Wildman–Crippen MR) is 105 cm³/mol. The Hall–Kier alpha value is -2.42. The van der Waals surface area contributed by atoms with Gasteiger partial charge in [0.25, 0.3) is 5.91 Å². The minimum Gasteiger partial charge on any atom is -0.339 e. The Bertz CT molecular complexity index is 984. The minimum absolute atomic E-state index is 0.0110. The first-order valence-electron chi connectivity index (χ1n) is 8.68. The van der Waals surface area contributed by atoms with Crippen LogP contribution < -0.4 is 5.14 Å². The third-order valence-corrected chi connectivity index (χ3v) is 5.76. The minimum atomic E-state index is -3.75. The van der Waals surface area contributed by atoms with Crippen molar-refractivity contribution in [2.45, 2.75) is 11.3 Å². The van der Waals surface area contributed by atoms with E-state index in [4.69, 9.17) is 16.7 Å². The van der Waals surface area contributed by atoms with E-state index in [1.807, 2.05) is 0 Å². The fourth-order valence-corrected chi connectivity index (χ4v) is 3.75. The monoisotopic (exact) mass is 421 g/mol. The van der Waals surface area contributed by atoms with Gasteiger partial charge in [0, 0.05) is 36.8 Å². The second-order valence-corrected chi connectivity index (χ2v) is 8.55. The third kappa shape index (κ3) is 4.89. The van der Waals surface area contributed by atoms with Gasteiger partial charge in [-0.2, -0.15) is 0 Å². The molecule has 2 aromatic carbocycles. The molecule has 7 nitrogen and oxygen atoms in total. The van der Waals surface area contributed by atoms with Crippen molar-refractivity contribution in [1.82, 2.24) is 9.80 Å². The lowest BCUT2D eigenvalue weighted by Gasteiger charge is -2.35. The number of nitrogens with zero attached hydrogens (tertiary/aromatic N) is 2. The van der Waals surface area contributed by atoms with Crippen LogP contribution in [0.3, 0.4) is 0 Å². The summed E-state index contributed by atoms with van der Waals surface area (Å²) in [6.07, 6.45) is 0.160. The van der Waals surface area contributed by atoms with E-state index in [2.05, 4.69) is 0 Å². The van der Waals surface area contributed by atoms with Gasteiger partial charge in [-0.1, -0.05) is 29.8 Å². The molecule has 2 aromatic rings. The number of hydrogen-bond acceptors (Lipinski definition) is 4. The number of carbonyl (C=O) groups excluding carboxylic acids is 2. The van der Waals surface area contributed by atoms with E-state index in [0.29, 0.717) is 42.3 Å². The van der Waals surface area contributed by atoms with Crippen LogP contribution in [0.15, 0.2) is 53.4 Å². The number of piperazine rings is 1. The van der Waals surface area contributed by atoms with Crippen molar-refractivity contribution in [3.05, 3.63) is 64.7 Å². The largest absolute Gasteiger partial charge is 0.339 e. The van der Waals surface area contributed by atoms with Gasteiger partial charge < -0.3 is 9.80 Å². The molecule has 28 heavy (non-hydrogen) atoms. The first-order chi connectivity index (χ1) is 13.2. The molecule has 3 rings (SSSR count). The van der Waals surface area contributed by atoms with E-state index in [9.17, 15) is 18.0 Å². The van der Waals surface area contributed by atoms with Gasteiger partial charge in [-0.15, -0.1) is 0 Å². The molecule has 0 unspecified atom stereocenters. The van der Waals surface area contributed by atoms with Crippen LogP contribution in [-0.4, -0.2) is 56.2 Å². The van der Waals surface area contributed by atoms with Crippen molar-refractivity contribution < 1.29 is 18.0 Å². The van der Waals surface area contributed by atoms with Crippen LogP contribution in [0, 0.1) is 0 Å². The van der Waals surface area contributed by atoms with Crippen LogP contribution in [0.4, 0.5) is 0 Å². The fourth-order valence-electron chi connectivity index (χ4n) is 3.05. The molecule has 148 valence electrons. The maximum Gasteiger partial charge on any atom is 0.254 e. The Labute approximate surface area is 168 Å². The molecule has 0 saturated carbocycles. The van der Waals surface area contributed by atoms with Crippen LogP contribution in [0.1, 0.15) is 15.9 Å². The molecular formula is C19H20ClN3O4S. The van der Waals surface area contributed by atoms with Crippen molar-refractivity contribution in [3.8, 4) is 0 Å². The standard InChI is InChI=1S/C19H20ClN3O4S/c20-16-3-1-2-15(13-16)19(25)23-10-8-22(9-11-23)18(24)12-14-4-6-17(7-5-14)28(21,26)27/h1-7,13H,8-12H2,(H2,21,26,27). The second kappa shape index (κ2) is 8.30. The Kier molecular flexibility index (Phi) is 6.02. The lowest BCUT2D eigenvalue weighted by molar-refractivity contribution is -0.131. The first-order valence-corrected chi connectivity index (χ1v) is 10.6. The second-order valence-electron chi connectivity index (χ2n) is 6.55. The van der Waals surface area contributed by atoms with Gasteiger partial charge >= 0.3 is 0 Å². The lowest BCUT2D eigenvalue weighted by atomic mass is 10.1. The Morgan fingerprint density at radius 1 is 0.964 bits per heavy atom. The summed E-state index contributed by atoms with van der Waals surface area (Å²) in [7, 11) is -3.75. The van der Waals surface area contributed by atoms with Crippen molar-refractivity contribution >= 4 is 33.4 Å². The SMILES string of the molecule is NS(=O)(=O)c1ccc(CC(=O)N2CCN(C(=O)c3cccc(Cl)c3)CC2)cc1. The summed E-state index contributed by atoms with van der Waals surface area (Å²) >= 11 is 5.94. The predicted octanol–water partition coefficient (Wildman–Crippen LogP) is 1.51. The number of benzene rings is 2. The molecule has 1 aliphatic rings. The van der Waals surface area contributed by atoms with Crippen LogP contribution in [0.2, 0.25) is 5.02 Å². The lowest BCUT2D eigenvalue weighted by Crippen LogP contribution is -2.51. The van der Waals surface area contributed by atoms with Crippen LogP contribution in [0.25, 0.3) is 0 Å². The van der Waals surface area contributed by atoms with Crippen molar-refractivity contribution in [3.63, 3.8) is 0 Å². The maximum absolute atomic E-state index is 12.5. The van der Waals surface area contributed by atoms with E-state index >= 15 is 0 Å². The summed E-state index contributed by atoms with van der Waals surface area (Å²) in [5, 5.41) is 5.58. The van der Waals surface area contributed by atoms with Gasteiger partial charge in [0.1, 0.15) is 0 Å².